The summed E-state index contributed by atoms with van der Waals surface area (Å²) in [5.41, 5.74) is 0. The number of rotatable bonds is 29. The van der Waals surface area contributed by atoms with Gasteiger partial charge < -0.3 is 5.11 Å². The molecule has 0 bridgehead atoms. The minimum absolute atomic E-state index is 0.322. The molecule has 0 saturated heterocycles. The van der Waals surface area contributed by atoms with Crippen LogP contribution in [0.2, 0.25) is 0 Å². The van der Waals surface area contributed by atoms with E-state index in [1.165, 1.54) is 135 Å². The molecule has 0 aliphatic heterocycles. The van der Waals surface area contributed by atoms with Gasteiger partial charge in [-0.15, -0.1) is 0 Å². The van der Waals surface area contributed by atoms with Gasteiger partial charge in [-0.25, -0.2) is 4.89 Å². The lowest BCUT2D eigenvalue weighted by molar-refractivity contribution is -0.242. The summed E-state index contributed by atoms with van der Waals surface area (Å²) >= 11 is 0. The average molecular weight is 565 g/mol. The molecule has 1 aliphatic rings. The van der Waals surface area contributed by atoms with Gasteiger partial charge in [-0.1, -0.05) is 148 Å². The molecule has 40 heavy (non-hydrogen) atoms. The third-order valence-corrected chi connectivity index (χ3v) is 9.49. The van der Waals surface area contributed by atoms with Crippen LogP contribution in [0.1, 0.15) is 181 Å². The zero-order valence-corrected chi connectivity index (χ0v) is 26.8. The zero-order valence-electron chi connectivity index (χ0n) is 26.8. The highest BCUT2D eigenvalue weighted by Crippen LogP contribution is 2.44. The number of aliphatic carboxylic acids is 1. The van der Waals surface area contributed by atoms with Gasteiger partial charge in [0.05, 0.1) is 6.61 Å². The third kappa shape index (κ3) is 19.3. The van der Waals surface area contributed by atoms with Crippen LogP contribution in [-0.4, -0.2) is 22.9 Å². The molecule has 0 spiro atoms. The number of unbranched alkanes of at least 4 members (excludes halogenated alkanes) is 17. The summed E-state index contributed by atoms with van der Waals surface area (Å²) in [4.78, 5) is 15.0. The Kier molecular flexibility index (Phi) is 25.1. The number of carboxylic acids is 1. The molecular formula is C36H68O4. The monoisotopic (exact) mass is 565 g/mol. The third-order valence-electron chi connectivity index (χ3n) is 9.49. The Morgan fingerprint density at radius 3 is 1.38 bits per heavy atom. The molecule has 0 amide bonds. The van der Waals surface area contributed by atoms with Crippen molar-refractivity contribution in [1.29, 1.82) is 0 Å². The molecule has 0 aromatic heterocycles. The van der Waals surface area contributed by atoms with E-state index in [2.05, 4.69) is 30.9 Å². The maximum atomic E-state index is 10.8. The molecule has 4 nitrogen and oxygen atoms in total. The predicted molar refractivity (Wildman–Crippen MR) is 171 cm³/mol. The number of carbonyl (C=O) groups is 1. The molecule has 0 radical (unpaired) electrons. The van der Waals surface area contributed by atoms with Gasteiger partial charge in [0.2, 0.25) is 0 Å². The Balaban J connectivity index is 2.72. The second-order valence-electron chi connectivity index (χ2n) is 12.9. The number of hydrogen-bond donors (Lipinski definition) is 2. The molecule has 0 aromatic carbocycles. The van der Waals surface area contributed by atoms with E-state index in [0.717, 1.165) is 49.4 Å². The van der Waals surface area contributed by atoms with Crippen molar-refractivity contribution in [3.05, 3.63) is 12.2 Å². The molecule has 0 fully saturated rings. The van der Waals surface area contributed by atoms with Crippen molar-refractivity contribution in [2.24, 2.45) is 23.7 Å². The van der Waals surface area contributed by atoms with Gasteiger partial charge >= 0.3 is 5.97 Å². The predicted octanol–water partition coefficient (Wildman–Crippen LogP) is 11.8. The summed E-state index contributed by atoms with van der Waals surface area (Å²) in [7, 11) is 0. The van der Waals surface area contributed by atoms with E-state index in [1.54, 1.807) is 0 Å². The number of allylic oxidation sites excluding steroid dienone is 2. The van der Waals surface area contributed by atoms with Crippen LogP contribution in [0.4, 0.5) is 0 Å². The van der Waals surface area contributed by atoms with Crippen LogP contribution in [0.3, 0.4) is 0 Å². The quantitative estimate of drug-likeness (QED) is 0.0410. The zero-order chi connectivity index (χ0) is 29.1. The highest BCUT2D eigenvalue weighted by Gasteiger charge is 2.34. The Bertz CT molecular complexity index is 589. The molecule has 236 valence electrons. The largest absolute Gasteiger partial charge is 0.481 e. The molecule has 4 heteroatoms. The highest BCUT2D eigenvalue weighted by molar-refractivity contribution is 5.66. The van der Waals surface area contributed by atoms with E-state index in [9.17, 15) is 4.79 Å². The van der Waals surface area contributed by atoms with Crippen molar-refractivity contribution in [1.82, 2.24) is 0 Å². The number of hydrogen-bond acceptors (Lipinski definition) is 3. The molecule has 1 aliphatic carbocycles. The van der Waals surface area contributed by atoms with E-state index in [0.29, 0.717) is 13.0 Å². The molecule has 4 unspecified atom stereocenters. The molecule has 0 heterocycles. The summed E-state index contributed by atoms with van der Waals surface area (Å²) in [5.74, 6) is 2.56. The van der Waals surface area contributed by atoms with Gasteiger partial charge in [0, 0.05) is 6.42 Å². The SMILES string of the molecule is CCCCCCCCC1C(CCCCCC)C=CC(CCCCCCCC(=O)O)C1CCCCCCCCOO. The van der Waals surface area contributed by atoms with Crippen LogP contribution in [0.5, 0.6) is 0 Å². The minimum atomic E-state index is -0.657. The summed E-state index contributed by atoms with van der Waals surface area (Å²) in [6.07, 6.45) is 37.9. The minimum Gasteiger partial charge on any atom is -0.481 e. The lowest BCUT2D eigenvalue weighted by Crippen LogP contribution is -2.32. The first-order valence-corrected chi connectivity index (χ1v) is 17.8. The molecule has 0 saturated carbocycles. The smallest absolute Gasteiger partial charge is 0.303 e. The van der Waals surface area contributed by atoms with E-state index in [-0.39, 0.29) is 0 Å². The van der Waals surface area contributed by atoms with Crippen molar-refractivity contribution in [2.45, 2.75) is 181 Å². The molecular weight excluding hydrogens is 496 g/mol. The number of carboxylic acid groups (broad SMARTS) is 1. The van der Waals surface area contributed by atoms with Crippen molar-refractivity contribution in [2.75, 3.05) is 6.61 Å². The average Bonchev–Trinajstić information content (AvgIpc) is 2.95. The fourth-order valence-electron chi connectivity index (χ4n) is 7.09. The molecule has 1 rings (SSSR count). The van der Waals surface area contributed by atoms with Crippen LogP contribution in [-0.2, 0) is 9.68 Å². The highest BCUT2D eigenvalue weighted by atomic mass is 17.1. The topological polar surface area (TPSA) is 66.8 Å². The van der Waals surface area contributed by atoms with Gasteiger partial charge in [0.15, 0.2) is 0 Å². The van der Waals surface area contributed by atoms with Gasteiger partial charge in [-0.05, 0) is 62.2 Å². The molecule has 4 atom stereocenters. The van der Waals surface area contributed by atoms with E-state index < -0.39 is 5.97 Å². The van der Waals surface area contributed by atoms with Gasteiger partial charge in [-0.2, -0.15) is 0 Å². The van der Waals surface area contributed by atoms with Crippen molar-refractivity contribution >= 4 is 5.97 Å². The lowest BCUT2D eigenvalue weighted by atomic mass is 9.64. The summed E-state index contributed by atoms with van der Waals surface area (Å²) < 4.78 is 0. The van der Waals surface area contributed by atoms with E-state index in [4.69, 9.17) is 10.4 Å². The summed E-state index contributed by atoms with van der Waals surface area (Å²) in [6.45, 7) is 5.09. The van der Waals surface area contributed by atoms with Gasteiger partial charge in [0.25, 0.3) is 0 Å². The van der Waals surface area contributed by atoms with E-state index >= 15 is 0 Å². The Labute approximate surface area is 249 Å². The molecule has 0 aromatic rings. The van der Waals surface area contributed by atoms with Crippen molar-refractivity contribution in [3.8, 4) is 0 Å². The summed E-state index contributed by atoms with van der Waals surface area (Å²) in [5, 5.41) is 17.4. The standard InChI is InChI=1S/C36H68O4/c1-3-5-7-9-14-20-26-34-32(24-18-8-6-4-2)29-30-33(25-19-13-12-16-22-28-36(37)38)35(34)27-21-15-10-11-17-23-31-40-39/h29-30,32-35,39H,3-28,31H2,1-2H3,(H,37,38). The van der Waals surface area contributed by atoms with Crippen LogP contribution >= 0.6 is 0 Å². The fraction of sp³-hybridized carbons (Fsp3) is 0.917. The van der Waals surface area contributed by atoms with Crippen molar-refractivity contribution < 1.29 is 20.0 Å². The lowest BCUT2D eigenvalue weighted by Gasteiger charge is -2.41. The first-order valence-electron chi connectivity index (χ1n) is 17.8. The van der Waals surface area contributed by atoms with Crippen LogP contribution in [0.15, 0.2) is 12.2 Å². The van der Waals surface area contributed by atoms with Crippen LogP contribution < -0.4 is 0 Å². The van der Waals surface area contributed by atoms with Crippen LogP contribution in [0.25, 0.3) is 0 Å². The van der Waals surface area contributed by atoms with E-state index in [1.807, 2.05) is 0 Å². The fourth-order valence-corrected chi connectivity index (χ4v) is 7.09. The van der Waals surface area contributed by atoms with Gasteiger partial charge in [-0.3, -0.25) is 10.1 Å². The maximum Gasteiger partial charge on any atom is 0.303 e. The first kappa shape index (κ1) is 37.2. The Morgan fingerprint density at radius 1 is 0.550 bits per heavy atom. The van der Waals surface area contributed by atoms with Crippen LogP contribution in [0, 0.1) is 23.7 Å². The normalized spacial score (nSPS) is 20.8. The second-order valence-corrected chi connectivity index (χ2v) is 12.9. The Hall–Kier alpha value is -0.870. The second kappa shape index (κ2) is 27.0. The summed E-state index contributed by atoms with van der Waals surface area (Å²) in [6, 6.07) is 0. The first-order chi connectivity index (χ1) is 19.6. The Morgan fingerprint density at radius 2 is 0.925 bits per heavy atom. The van der Waals surface area contributed by atoms with Gasteiger partial charge in [0.1, 0.15) is 0 Å². The maximum absolute atomic E-state index is 10.8. The van der Waals surface area contributed by atoms with Crippen molar-refractivity contribution in [3.63, 3.8) is 0 Å². The molecule has 2 N–H and O–H groups in total.